The maximum Gasteiger partial charge on any atom is 1.00 e. The minimum absolute atomic E-state index is 0. The van der Waals surface area contributed by atoms with E-state index in [-0.39, 0.29) is 40.4 Å². The van der Waals surface area contributed by atoms with Gasteiger partial charge in [0, 0.05) is 11.3 Å². The molecule has 0 unspecified atom stereocenters. The molecular weight excluding hydrogens is 469 g/mol. The van der Waals surface area contributed by atoms with Crippen molar-refractivity contribution in [3.05, 3.63) is 11.1 Å². The number of fused-ring (bicyclic) bond motifs is 3. The molecule has 2 amide bonds. The van der Waals surface area contributed by atoms with Gasteiger partial charge in [-0.1, -0.05) is 5.16 Å². The van der Waals surface area contributed by atoms with Crippen molar-refractivity contribution < 1.29 is 72.2 Å². The van der Waals surface area contributed by atoms with Crippen LogP contribution in [0.5, 0.6) is 0 Å². The van der Waals surface area contributed by atoms with Crippen LogP contribution in [0.15, 0.2) is 10.5 Å². The van der Waals surface area contributed by atoms with Crippen molar-refractivity contribution in [3.8, 4) is 0 Å². The molecule has 4 atom stereocenters. The number of nitrogens with zero attached hydrogens (tertiary/aromatic N) is 3. The summed E-state index contributed by atoms with van der Waals surface area (Å²) in [5, 5.41) is 25.3. The van der Waals surface area contributed by atoms with E-state index in [9.17, 15) is 32.7 Å². The van der Waals surface area contributed by atoms with Crippen molar-refractivity contribution in [1.29, 1.82) is 0 Å². The number of β-lactam (4-membered cyclic amide) rings is 1. The Hall–Kier alpha value is -2.27. The number of thiazole rings is 1. The van der Waals surface area contributed by atoms with E-state index in [4.69, 9.17) is 15.7 Å². The van der Waals surface area contributed by atoms with Gasteiger partial charge in [-0.05, 0) is 0 Å². The van der Waals surface area contributed by atoms with Crippen LogP contribution in [0.3, 0.4) is 0 Å². The summed E-state index contributed by atoms with van der Waals surface area (Å²) in [5.74, 6) is -7.30. The predicted molar refractivity (Wildman–Crippen MR) is 93.1 cm³/mol. The number of carbonyl (C=O) groups excluding carboxylic acids is 4. The van der Waals surface area contributed by atoms with Gasteiger partial charge in [0.2, 0.25) is 5.72 Å². The van der Waals surface area contributed by atoms with Gasteiger partial charge in [0.1, 0.15) is 17.7 Å². The van der Waals surface area contributed by atoms with E-state index in [1.54, 1.807) is 0 Å². The number of carboxylic acid groups (broad SMARTS) is 1. The van der Waals surface area contributed by atoms with Gasteiger partial charge in [-0.3, -0.25) is 19.3 Å². The molecule has 3 fully saturated rings. The molecule has 4 rings (SSSR count). The Morgan fingerprint density at radius 2 is 2.13 bits per heavy atom. The van der Waals surface area contributed by atoms with E-state index >= 15 is 0 Å². The quantitative estimate of drug-likeness (QED) is 0.0915. The summed E-state index contributed by atoms with van der Waals surface area (Å²) in [6.07, 6.45) is -0.521. The number of amides is 2. The van der Waals surface area contributed by atoms with Crippen molar-refractivity contribution in [2.45, 2.75) is 23.6 Å². The minimum atomic E-state index is -4.16. The molecule has 0 radical (unpaired) electrons. The molecule has 14 nitrogen and oxygen atoms in total. The van der Waals surface area contributed by atoms with Gasteiger partial charge >= 0.3 is 35.5 Å². The zero-order chi connectivity index (χ0) is 22.0. The second kappa shape index (κ2) is 7.70. The first-order valence-corrected chi connectivity index (χ1v) is 10.8. The number of rotatable bonds is 4. The second-order valence-corrected chi connectivity index (χ2v) is 9.79. The van der Waals surface area contributed by atoms with Crippen LogP contribution >= 0.6 is 11.3 Å². The molecule has 1 aromatic heterocycles. The molecule has 0 bridgehead atoms. The van der Waals surface area contributed by atoms with E-state index in [0.717, 1.165) is 11.3 Å². The number of carboxylic acids is 1. The Balaban J connectivity index is 0.00000272. The number of anilines is 1. The number of oxime groups is 1. The van der Waals surface area contributed by atoms with Gasteiger partial charge in [-0.2, -0.15) is 0 Å². The van der Waals surface area contributed by atoms with Crippen LogP contribution in [0.4, 0.5) is 5.13 Å². The first-order chi connectivity index (χ1) is 14.0. The van der Waals surface area contributed by atoms with Crippen LogP contribution in [-0.4, -0.2) is 75.9 Å². The summed E-state index contributed by atoms with van der Waals surface area (Å²) in [5.41, 5.74) is 2.13. The number of hydrogen-bond donors (Lipinski definition) is 3. The molecule has 160 valence electrons. The number of ether oxygens (including phenoxy) is 1. The topological polar surface area (TPSA) is 221 Å². The molecule has 17 heteroatoms. The molecule has 0 spiro atoms. The van der Waals surface area contributed by atoms with E-state index in [2.05, 4.69) is 15.5 Å². The molecule has 0 saturated carbocycles. The third-order valence-corrected chi connectivity index (χ3v) is 7.86. The van der Waals surface area contributed by atoms with Gasteiger partial charge in [-0.25, -0.2) is 13.4 Å². The molecule has 0 aliphatic carbocycles. The minimum Gasteiger partial charge on any atom is -0.544 e. The summed E-state index contributed by atoms with van der Waals surface area (Å²) in [7, 11) is -4.16. The molecule has 3 saturated heterocycles. The number of nitrogen functional groups attached to an aromatic ring is 1. The fourth-order valence-electron chi connectivity index (χ4n) is 3.88. The average molecular weight is 481 g/mol. The number of aromatic nitrogens is 1. The van der Waals surface area contributed by atoms with E-state index < -0.39 is 74.5 Å². The standard InChI is InChI=1S/C14H13N5O9S2.Na/c15-13-16-5(2-29-13)7(18-25)9(21)17-8-10(22)19-11(8)30(26,27)3-4-1-6(20)28-14(4,19)12(23)24;/h2,4,8,11,25H,1,3H2,(H2,15,16)(H,17,21)(H,23,24);/q;+1/p-1/b18-7-;/t4-,8+,11+,14+;/m0./s1. The van der Waals surface area contributed by atoms with Gasteiger partial charge in [0.05, 0.1) is 12.2 Å². The van der Waals surface area contributed by atoms with Crippen molar-refractivity contribution >= 4 is 55.8 Å². The fourth-order valence-corrected chi connectivity index (χ4v) is 6.71. The number of nitrogens with one attached hydrogen (secondary N) is 1. The van der Waals surface area contributed by atoms with E-state index in [1.165, 1.54) is 5.38 Å². The molecule has 3 aliphatic rings. The van der Waals surface area contributed by atoms with Crippen LogP contribution in [0.1, 0.15) is 12.1 Å². The molecular formula is C14H12N5NaO9S2. The third-order valence-electron chi connectivity index (χ3n) is 5.10. The molecule has 4 N–H and O–H groups in total. The summed E-state index contributed by atoms with van der Waals surface area (Å²) >= 11 is 0.939. The third kappa shape index (κ3) is 3.29. The summed E-state index contributed by atoms with van der Waals surface area (Å²) in [6, 6.07) is -1.70. The normalized spacial score (nSPS) is 30.9. The van der Waals surface area contributed by atoms with Gasteiger partial charge in [-0.15, -0.1) is 11.3 Å². The molecule has 31 heavy (non-hydrogen) atoms. The SMILES string of the molecule is Nc1nc(/C(=N/O)C(=O)N[C@@H]2C(=O)N3[C@@H]2S(=O)(=O)C[C@@H]2CC(=O)O[C@@]23C(=O)[O-])cs1.[Na+]. The monoisotopic (exact) mass is 481 g/mol. The predicted octanol–water partition coefficient (Wildman–Crippen LogP) is -7.00. The number of carbonyl (C=O) groups is 4. The fraction of sp³-hybridized carbons (Fsp3) is 0.429. The van der Waals surface area contributed by atoms with Crippen molar-refractivity contribution in [3.63, 3.8) is 0 Å². The van der Waals surface area contributed by atoms with Crippen molar-refractivity contribution in [1.82, 2.24) is 15.2 Å². The summed E-state index contributed by atoms with van der Waals surface area (Å²) in [6.45, 7) is 0. The van der Waals surface area contributed by atoms with Crippen LogP contribution < -0.4 is 45.7 Å². The second-order valence-electron chi connectivity index (χ2n) is 6.76. The molecule has 3 aliphatic heterocycles. The van der Waals surface area contributed by atoms with Gasteiger partial charge in [0.25, 0.3) is 11.8 Å². The van der Waals surface area contributed by atoms with E-state index in [1.807, 2.05) is 0 Å². The number of nitrogens with two attached hydrogens (primary N) is 1. The Morgan fingerprint density at radius 3 is 2.68 bits per heavy atom. The summed E-state index contributed by atoms with van der Waals surface area (Å²) in [4.78, 5) is 52.7. The van der Waals surface area contributed by atoms with Gasteiger partial charge < -0.3 is 30.9 Å². The largest absolute Gasteiger partial charge is 1.00 e. The average Bonchev–Trinajstić information content (AvgIpc) is 3.21. The maximum atomic E-state index is 12.7. The number of esters is 1. The maximum absolute atomic E-state index is 12.7. The Bertz CT molecular complexity index is 1130. The van der Waals surface area contributed by atoms with Crippen LogP contribution in [-0.2, 0) is 33.8 Å². The molecule has 4 heterocycles. The smallest absolute Gasteiger partial charge is 0.544 e. The number of aliphatic carboxylic acids is 1. The van der Waals surface area contributed by atoms with E-state index in [0.29, 0.717) is 4.90 Å². The Morgan fingerprint density at radius 1 is 1.45 bits per heavy atom. The Labute approximate surface area is 199 Å². The first kappa shape index (κ1) is 23.4. The van der Waals surface area contributed by atoms with Crippen LogP contribution in [0.25, 0.3) is 0 Å². The van der Waals surface area contributed by atoms with Crippen LogP contribution in [0, 0.1) is 5.92 Å². The van der Waals surface area contributed by atoms with Crippen molar-refractivity contribution in [2.75, 3.05) is 11.5 Å². The first-order valence-electron chi connectivity index (χ1n) is 8.25. The van der Waals surface area contributed by atoms with Crippen LogP contribution in [0.2, 0.25) is 0 Å². The molecule has 1 aromatic rings. The number of hydrogen-bond acceptors (Lipinski definition) is 13. The van der Waals surface area contributed by atoms with Crippen molar-refractivity contribution in [2.24, 2.45) is 11.1 Å². The summed E-state index contributed by atoms with van der Waals surface area (Å²) < 4.78 is 30.2. The zero-order valence-corrected chi connectivity index (χ0v) is 19.3. The molecule has 0 aromatic carbocycles. The van der Waals surface area contributed by atoms with Gasteiger partial charge in [0.15, 0.2) is 26.1 Å². The Kier molecular flexibility index (Phi) is 5.81. The zero-order valence-electron chi connectivity index (χ0n) is 15.7. The number of sulfone groups is 1.